The first-order valence-electron chi connectivity index (χ1n) is 9.59. The third kappa shape index (κ3) is 4.44. The Bertz CT molecular complexity index is 1260. The lowest BCUT2D eigenvalue weighted by Crippen LogP contribution is -2.10. The quantitative estimate of drug-likeness (QED) is 0.244. The third-order valence-corrected chi connectivity index (χ3v) is 4.74. The van der Waals surface area contributed by atoms with Gasteiger partial charge in [0.25, 0.3) is 0 Å². The van der Waals surface area contributed by atoms with Gasteiger partial charge in [0, 0.05) is 17.7 Å². The number of benzene rings is 3. The van der Waals surface area contributed by atoms with Crippen LogP contribution in [0.1, 0.15) is 10.4 Å². The van der Waals surface area contributed by atoms with Crippen LogP contribution in [0.25, 0.3) is 22.4 Å². The zero-order chi connectivity index (χ0) is 22.5. The van der Waals surface area contributed by atoms with Crippen molar-refractivity contribution in [3.8, 4) is 34.0 Å². The highest BCUT2D eigenvalue weighted by atomic mass is 16.6. The number of methoxy groups -OCH3 is 1. The van der Waals surface area contributed by atoms with Gasteiger partial charge in [-0.15, -0.1) is 10.2 Å². The first kappa shape index (κ1) is 20.7. The van der Waals surface area contributed by atoms with Gasteiger partial charge in [-0.05, 0) is 29.3 Å². The summed E-state index contributed by atoms with van der Waals surface area (Å²) >= 11 is 0. The molecule has 0 unspecified atom stereocenters. The second-order valence-electron chi connectivity index (χ2n) is 6.73. The predicted molar refractivity (Wildman–Crippen MR) is 118 cm³/mol. The van der Waals surface area contributed by atoms with E-state index in [0.717, 1.165) is 22.8 Å². The molecule has 0 atom stereocenters. The van der Waals surface area contributed by atoms with Gasteiger partial charge < -0.3 is 9.47 Å². The molecule has 8 heteroatoms. The van der Waals surface area contributed by atoms with E-state index in [1.807, 2.05) is 54.6 Å². The molecular formula is C24H17N3O5. The molecule has 158 valence electrons. The number of aromatic nitrogens is 2. The van der Waals surface area contributed by atoms with Gasteiger partial charge >= 0.3 is 11.7 Å². The van der Waals surface area contributed by atoms with Gasteiger partial charge in [-0.2, -0.15) is 0 Å². The molecule has 0 spiro atoms. The zero-order valence-electron chi connectivity index (χ0n) is 17.0. The summed E-state index contributed by atoms with van der Waals surface area (Å²) in [5.74, 6) is -0.753. The summed E-state index contributed by atoms with van der Waals surface area (Å²) in [5, 5.41) is 19.2. The standard InChI is InChI=1S/C24H17N3O5/c1-31-22-13-11-19(15-21(22)27(29)30)24(28)32-23-14-12-20(25-26-23)18-9-7-17(8-10-18)16-5-3-2-4-6-16/h2-15H,1H3. The molecule has 32 heavy (non-hydrogen) atoms. The van der Waals surface area contributed by atoms with Crippen LogP contribution in [-0.2, 0) is 0 Å². The minimum absolute atomic E-state index is 0.000114. The number of rotatable bonds is 6. The van der Waals surface area contributed by atoms with Crippen molar-refractivity contribution >= 4 is 11.7 Å². The Balaban J connectivity index is 1.48. The van der Waals surface area contributed by atoms with Crippen molar-refractivity contribution in [3.05, 3.63) is 101 Å². The molecule has 0 radical (unpaired) electrons. The van der Waals surface area contributed by atoms with E-state index in [9.17, 15) is 14.9 Å². The SMILES string of the molecule is COc1ccc(C(=O)Oc2ccc(-c3ccc(-c4ccccc4)cc3)nn2)cc1[N+](=O)[O-]. The van der Waals surface area contributed by atoms with Crippen molar-refractivity contribution in [1.29, 1.82) is 0 Å². The third-order valence-electron chi connectivity index (χ3n) is 4.74. The molecule has 0 aliphatic heterocycles. The van der Waals surface area contributed by atoms with E-state index in [0.29, 0.717) is 5.69 Å². The van der Waals surface area contributed by atoms with E-state index in [2.05, 4.69) is 10.2 Å². The van der Waals surface area contributed by atoms with Crippen LogP contribution in [0, 0.1) is 10.1 Å². The van der Waals surface area contributed by atoms with Gasteiger partial charge in [-0.3, -0.25) is 10.1 Å². The number of esters is 1. The van der Waals surface area contributed by atoms with Crippen molar-refractivity contribution in [1.82, 2.24) is 10.2 Å². The van der Waals surface area contributed by atoms with Crippen molar-refractivity contribution in [2.45, 2.75) is 0 Å². The molecule has 0 saturated heterocycles. The lowest BCUT2D eigenvalue weighted by molar-refractivity contribution is -0.385. The molecule has 1 heterocycles. The molecular weight excluding hydrogens is 410 g/mol. The number of hydrogen-bond donors (Lipinski definition) is 0. The Hall–Kier alpha value is -4.59. The highest BCUT2D eigenvalue weighted by Gasteiger charge is 2.19. The van der Waals surface area contributed by atoms with Gasteiger partial charge in [0.15, 0.2) is 5.75 Å². The van der Waals surface area contributed by atoms with Crippen LogP contribution in [0.15, 0.2) is 84.9 Å². The number of ether oxygens (including phenoxy) is 2. The minimum atomic E-state index is -0.787. The summed E-state index contributed by atoms with van der Waals surface area (Å²) in [6, 6.07) is 24.9. The molecule has 4 aromatic rings. The van der Waals surface area contributed by atoms with E-state index >= 15 is 0 Å². The second kappa shape index (κ2) is 9.05. The van der Waals surface area contributed by atoms with Crippen LogP contribution < -0.4 is 9.47 Å². The Morgan fingerprint density at radius 3 is 2.16 bits per heavy atom. The molecule has 0 bridgehead atoms. The first-order chi connectivity index (χ1) is 15.5. The summed E-state index contributed by atoms with van der Waals surface area (Å²) < 4.78 is 10.1. The van der Waals surface area contributed by atoms with Crippen molar-refractivity contribution in [2.24, 2.45) is 0 Å². The molecule has 4 rings (SSSR count). The Kier molecular flexibility index (Phi) is 5.85. The number of hydrogen-bond acceptors (Lipinski definition) is 7. The van der Waals surface area contributed by atoms with Gasteiger partial charge in [-0.1, -0.05) is 54.6 Å². The molecule has 0 saturated carbocycles. The van der Waals surface area contributed by atoms with E-state index in [4.69, 9.17) is 9.47 Å². The highest BCUT2D eigenvalue weighted by Crippen LogP contribution is 2.28. The maximum Gasteiger partial charge on any atom is 0.345 e. The summed E-state index contributed by atoms with van der Waals surface area (Å²) in [7, 11) is 1.31. The molecule has 8 nitrogen and oxygen atoms in total. The highest BCUT2D eigenvalue weighted by molar-refractivity contribution is 5.92. The van der Waals surface area contributed by atoms with Crippen LogP contribution >= 0.6 is 0 Å². The van der Waals surface area contributed by atoms with Crippen LogP contribution in [0.3, 0.4) is 0 Å². The topological polar surface area (TPSA) is 104 Å². The lowest BCUT2D eigenvalue weighted by Gasteiger charge is -2.06. The van der Waals surface area contributed by atoms with Gasteiger partial charge in [0.05, 0.1) is 23.3 Å². The molecule has 0 amide bonds. The van der Waals surface area contributed by atoms with Crippen LogP contribution in [-0.4, -0.2) is 28.2 Å². The fraction of sp³-hybridized carbons (Fsp3) is 0.0417. The van der Waals surface area contributed by atoms with Crippen molar-refractivity contribution in [3.63, 3.8) is 0 Å². The summed E-state index contributed by atoms with van der Waals surface area (Å²) in [6.45, 7) is 0. The van der Waals surface area contributed by atoms with Gasteiger partial charge in [0.1, 0.15) is 0 Å². The van der Waals surface area contributed by atoms with Crippen molar-refractivity contribution < 1.29 is 19.2 Å². The minimum Gasteiger partial charge on any atom is -0.490 e. The fourth-order valence-electron chi connectivity index (χ4n) is 3.11. The van der Waals surface area contributed by atoms with E-state index in [-0.39, 0.29) is 22.9 Å². The molecule has 0 aliphatic carbocycles. The Morgan fingerprint density at radius 2 is 1.53 bits per heavy atom. The first-order valence-corrected chi connectivity index (χ1v) is 9.59. The van der Waals surface area contributed by atoms with Crippen molar-refractivity contribution in [2.75, 3.05) is 7.11 Å². The Morgan fingerprint density at radius 1 is 0.844 bits per heavy atom. The number of nitro benzene ring substituents is 1. The fourth-order valence-corrected chi connectivity index (χ4v) is 3.11. The maximum absolute atomic E-state index is 12.4. The maximum atomic E-state index is 12.4. The smallest absolute Gasteiger partial charge is 0.345 e. The summed E-state index contributed by atoms with van der Waals surface area (Å²) in [6.07, 6.45) is 0. The van der Waals surface area contributed by atoms with Crippen LogP contribution in [0.5, 0.6) is 11.6 Å². The van der Waals surface area contributed by atoms with Crippen LogP contribution in [0.4, 0.5) is 5.69 Å². The van der Waals surface area contributed by atoms with Gasteiger partial charge in [-0.25, -0.2) is 4.79 Å². The number of carbonyl (C=O) groups is 1. The average molecular weight is 427 g/mol. The van der Waals surface area contributed by atoms with E-state index in [1.54, 1.807) is 6.07 Å². The Labute approximate surface area is 183 Å². The molecule has 0 N–H and O–H groups in total. The summed E-state index contributed by atoms with van der Waals surface area (Å²) in [5.41, 5.74) is 3.35. The number of nitrogens with zero attached hydrogens (tertiary/aromatic N) is 3. The normalized spacial score (nSPS) is 10.4. The zero-order valence-corrected chi connectivity index (χ0v) is 17.0. The van der Waals surface area contributed by atoms with E-state index in [1.165, 1.54) is 25.3 Å². The average Bonchev–Trinajstić information content (AvgIpc) is 2.84. The van der Waals surface area contributed by atoms with Crippen LogP contribution in [0.2, 0.25) is 0 Å². The molecule has 3 aromatic carbocycles. The number of carbonyl (C=O) groups excluding carboxylic acids is 1. The summed E-state index contributed by atoms with van der Waals surface area (Å²) in [4.78, 5) is 22.9. The lowest BCUT2D eigenvalue weighted by atomic mass is 10.0. The molecule has 0 fully saturated rings. The van der Waals surface area contributed by atoms with E-state index < -0.39 is 10.9 Å². The molecule has 0 aliphatic rings. The van der Waals surface area contributed by atoms with Gasteiger partial charge in [0.2, 0.25) is 5.88 Å². The largest absolute Gasteiger partial charge is 0.490 e. The molecule has 1 aromatic heterocycles. The monoisotopic (exact) mass is 427 g/mol. The predicted octanol–water partition coefficient (Wildman–Crippen LogP) is 4.95. The number of nitro groups is 1. The second-order valence-corrected chi connectivity index (χ2v) is 6.73.